The largest absolute Gasteiger partial charge is 0.292 e. The van der Waals surface area contributed by atoms with Crippen LogP contribution in [0, 0.1) is 0 Å². The minimum absolute atomic E-state index is 0.200. The van der Waals surface area contributed by atoms with Crippen LogP contribution in [0.15, 0.2) is 11.6 Å². The number of hydrogen-bond acceptors (Lipinski definition) is 3. The first-order valence-electron chi connectivity index (χ1n) is 4.77. The van der Waals surface area contributed by atoms with Crippen molar-refractivity contribution in [1.82, 2.24) is 4.98 Å². The smallest absolute Gasteiger partial charge is 0.191 e. The molecule has 0 spiro atoms. The van der Waals surface area contributed by atoms with Gasteiger partial charge in [-0.3, -0.25) is 4.79 Å². The lowest BCUT2D eigenvalue weighted by molar-refractivity contribution is 0.0979. The molecule has 2 nitrogen and oxygen atoms in total. The van der Waals surface area contributed by atoms with Gasteiger partial charge in [0.2, 0.25) is 0 Å². The number of unbranched alkanes of at least 4 members (excludes halogenated alkanes) is 3. The topological polar surface area (TPSA) is 30.0 Å². The van der Waals surface area contributed by atoms with Gasteiger partial charge in [-0.05, 0) is 6.42 Å². The molecule has 3 heteroatoms. The predicted molar refractivity (Wildman–Crippen MR) is 55.2 cm³/mol. The Labute approximate surface area is 83.0 Å². The molecule has 0 fully saturated rings. The van der Waals surface area contributed by atoms with Crippen LogP contribution in [-0.4, -0.2) is 10.8 Å². The van der Waals surface area contributed by atoms with E-state index in [-0.39, 0.29) is 5.78 Å². The zero-order valence-corrected chi connectivity index (χ0v) is 8.77. The Hall–Kier alpha value is -0.700. The van der Waals surface area contributed by atoms with Crippen LogP contribution in [0.2, 0.25) is 0 Å². The van der Waals surface area contributed by atoms with E-state index >= 15 is 0 Å². The molecule has 0 amide bonds. The number of ketones is 1. The van der Waals surface area contributed by atoms with Crippen molar-refractivity contribution in [3.63, 3.8) is 0 Å². The molecule has 0 bridgehead atoms. The average molecular weight is 197 g/mol. The van der Waals surface area contributed by atoms with Crippen molar-refractivity contribution < 1.29 is 4.79 Å². The van der Waals surface area contributed by atoms with Gasteiger partial charge in [0.15, 0.2) is 10.8 Å². The summed E-state index contributed by atoms with van der Waals surface area (Å²) >= 11 is 1.43. The molecule has 0 N–H and O–H groups in total. The minimum Gasteiger partial charge on any atom is -0.292 e. The van der Waals surface area contributed by atoms with E-state index in [2.05, 4.69) is 11.9 Å². The molecule has 1 aromatic heterocycles. The molecule has 0 aliphatic heterocycles. The Kier molecular flexibility index (Phi) is 4.68. The molecule has 0 aliphatic rings. The second-order valence-electron chi connectivity index (χ2n) is 3.07. The van der Waals surface area contributed by atoms with Crippen LogP contribution in [0.3, 0.4) is 0 Å². The molecule has 0 aliphatic carbocycles. The highest BCUT2D eigenvalue weighted by molar-refractivity contribution is 7.11. The number of carbonyl (C=O) groups is 1. The van der Waals surface area contributed by atoms with E-state index in [0.717, 1.165) is 12.8 Å². The van der Waals surface area contributed by atoms with Crippen molar-refractivity contribution in [2.75, 3.05) is 0 Å². The van der Waals surface area contributed by atoms with Gasteiger partial charge in [-0.2, -0.15) is 0 Å². The summed E-state index contributed by atoms with van der Waals surface area (Å²) in [6.07, 6.45) is 6.95. The number of Topliss-reactive ketones (excluding diaryl/α,β-unsaturated/α-hetero) is 1. The highest BCUT2D eigenvalue weighted by Gasteiger charge is 2.06. The fourth-order valence-corrected chi connectivity index (χ4v) is 1.79. The number of carbonyl (C=O) groups excluding carboxylic acids is 1. The zero-order valence-electron chi connectivity index (χ0n) is 7.95. The molecule has 0 atom stereocenters. The Morgan fingerprint density at radius 2 is 2.31 bits per heavy atom. The third kappa shape index (κ3) is 3.68. The summed E-state index contributed by atoms with van der Waals surface area (Å²) in [7, 11) is 0. The first-order valence-corrected chi connectivity index (χ1v) is 5.65. The third-order valence-electron chi connectivity index (χ3n) is 1.93. The summed E-state index contributed by atoms with van der Waals surface area (Å²) in [5.74, 6) is 0.200. The minimum atomic E-state index is 0.200. The van der Waals surface area contributed by atoms with Crippen LogP contribution in [0.25, 0.3) is 0 Å². The van der Waals surface area contributed by atoms with Gasteiger partial charge < -0.3 is 0 Å². The molecule has 0 aromatic carbocycles. The lowest BCUT2D eigenvalue weighted by Crippen LogP contribution is -1.97. The highest BCUT2D eigenvalue weighted by Crippen LogP contribution is 2.10. The van der Waals surface area contributed by atoms with Crippen molar-refractivity contribution in [2.24, 2.45) is 0 Å². The first-order chi connectivity index (χ1) is 6.34. The van der Waals surface area contributed by atoms with Crippen molar-refractivity contribution in [3.05, 3.63) is 16.6 Å². The fourth-order valence-electron chi connectivity index (χ4n) is 1.18. The van der Waals surface area contributed by atoms with E-state index in [4.69, 9.17) is 0 Å². The van der Waals surface area contributed by atoms with Crippen LogP contribution >= 0.6 is 11.3 Å². The van der Waals surface area contributed by atoms with Crippen LogP contribution < -0.4 is 0 Å². The summed E-state index contributed by atoms with van der Waals surface area (Å²) in [4.78, 5) is 15.4. The predicted octanol–water partition coefficient (Wildman–Crippen LogP) is 3.30. The highest BCUT2D eigenvalue weighted by atomic mass is 32.1. The van der Waals surface area contributed by atoms with E-state index in [1.54, 1.807) is 6.20 Å². The summed E-state index contributed by atoms with van der Waals surface area (Å²) in [5, 5.41) is 2.51. The molecule has 1 heterocycles. The van der Waals surface area contributed by atoms with Crippen molar-refractivity contribution in [3.8, 4) is 0 Å². The van der Waals surface area contributed by atoms with Crippen LogP contribution in [0.4, 0.5) is 0 Å². The van der Waals surface area contributed by atoms with Crippen LogP contribution in [0.5, 0.6) is 0 Å². The van der Waals surface area contributed by atoms with E-state index in [1.165, 1.54) is 24.2 Å². The van der Waals surface area contributed by atoms with Crippen LogP contribution in [-0.2, 0) is 0 Å². The Balaban J connectivity index is 2.19. The summed E-state index contributed by atoms with van der Waals surface area (Å²) < 4.78 is 0. The zero-order chi connectivity index (χ0) is 9.52. The maximum Gasteiger partial charge on any atom is 0.191 e. The summed E-state index contributed by atoms with van der Waals surface area (Å²) in [5.41, 5.74) is 0. The second-order valence-corrected chi connectivity index (χ2v) is 3.97. The molecular weight excluding hydrogens is 182 g/mol. The van der Waals surface area contributed by atoms with Gasteiger partial charge >= 0.3 is 0 Å². The fraction of sp³-hybridized carbons (Fsp3) is 0.600. The number of nitrogens with zero attached hydrogens (tertiary/aromatic N) is 1. The summed E-state index contributed by atoms with van der Waals surface area (Å²) in [6, 6.07) is 0. The first kappa shape index (κ1) is 10.4. The van der Waals surface area contributed by atoms with Crippen molar-refractivity contribution >= 4 is 17.1 Å². The van der Waals surface area contributed by atoms with Crippen molar-refractivity contribution in [1.29, 1.82) is 0 Å². The summed E-state index contributed by atoms with van der Waals surface area (Å²) in [6.45, 7) is 2.17. The average Bonchev–Trinajstić information content (AvgIpc) is 2.65. The van der Waals surface area contributed by atoms with Gasteiger partial charge in [0, 0.05) is 18.0 Å². The van der Waals surface area contributed by atoms with Crippen molar-refractivity contribution in [2.45, 2.75) is 39.0 Å². The molecule has 0 unspecified atom stereocenters. The monoisotopic (exact) mass is 197 g/mol. The quantitative estimate of drug-likeness (QED) is 0.517. The number of aromatic nitrogens is 1. The number of thiazole rings is 1. The van der Waals surface area contributed by atoms with E-state index < -0.39 is 0 Å². The van der Waals surface area contributed by atoms with E-state index in [9.17, 15) is 4.79 Å². The third-order valence-corrected chi connectivity index (χ3v) is 2.74. The maximum atomic E-state index is 11.4. The van der Waals surface area contributed by atoms with Gasteiger partial charge in [0.25, 0.3) is 0 Å². The Bertz CT molecular complexity index is 243. The second kappa shape index (κ2) is 5.86. The molecule has 1 aromatic rings. The Morgan fingerprint density at radius 3 is 2.92 bits per heavy atom. The molecule has 0 saturated heterocycles. The Morgan fingerprint density at radius 1 is 1.46 bits per heavy atom. The maximum absolute atomic E-state index is 11.4. The van der Waals surface area contributed by atoms with Gasteiger partial charge in [0.1, 0.15) is 0 Å². The van der Waals surface area contributed by atoms with Gasteiger partial charge in [-0.1, -0.05) is 26.2 Å². The molecular formula is C10H15NOS. The van der Waals surface area contributed by atoms with E-state index in [0.29, 0.717) is 11.4 Å². The normalized spacial score (nSPS) is 10.2. The van der Waals surface area contributed by atoms with E-state index in [1.807, 2.05) is 5.38 Å². The molecule has 0 radical (unpaired) electrons. The molecule has 72 valence electrons. The molecule has 13 heavy (non-hydrogen) atoms. The van der Waals surface area contributed by atoms with Crippen LogP contribution in [0.1, 0.15) is 48.8 Å². The number of rotatable bonds is 6. The molecule has 1 rings (SSSR count). The van der Waals surface area contributed by atoms with Gasteiger partial charge in [0.05, 0.1) is 0 Å². The van der Waals surface area contributed by atoms with Gasteiger partial charge in [-0.25, -0.2) is 4.98 Å². The van der Waals surface area contributed by atoms with Gasteiger partial charge in [-0.15, -0.1) is 11.3 Å². The lowest BCUT2D eigenvalue weighted by Gasteiger charge is -1.96. The standard InChI is InChI=1S/C10H15NOS/c1-2-3-4-5-6-9(12)10-11-7-8-13-10/h7-8H,2-6H2,1H3. The number of hydrogen-bond donors (Lipinski definition) is 0. The molecule has 0 saturated carbocycles. The SMILES string of the molecule is CCCCCCC(=O)c1nccs1. The lowest BCUT2D eigenvalue weighted by atomic mass is 10.1.